The number of rotatable bonds is 3. The van der Waals surface area contributed by atoms with Crippen molar-refractivity contribution in [2.24, 2.45) is 0 Å². The lowest BCUT2D eigenvalue weighted by molar-refractivity contribution is -0.138. The highest BCUT2D eigenvalue weighted by molar-refractivity contribution is 9.10. The van der Waals surface area contributed by atoms with Gasteiger partial charge in [-0.05, 0) is 25.1 Å². The molecule has 102 valence electrons. The molecule has 7 heteroatoms. The maximum atomic E-state index is 12.9. The van der Waals surface area contributed by atoms with Crippen LogP contribution in [0, 0.1) is 11.3 Å². The second kappa shape index (κ2) is 6.06. The van der Waals surface area contributed by atoms with Crippen LogP contribution in [-0.2, 0) is 6.18 Å². The molecule has 0 aliphatic rings. The van der Waals surface area contributed by atoms with E-state index in [9.17, 15) is 18.0 Å². The van der Waals surface area contributed by atoms with E-state index in [1.165, 1.54) is 6.07 Å². The smallest absolute Gasteiger partial charge is 0.326 e. The highest BCUT2D eigenvalue weighted by Crippen LogP contribution is 2.34. The minimum Gasteiger partial charge on any atom is -0.326 e. The zero-order valence-electron chi connectivity index (χ0n) is 9.96. The summed E-state index contributed by atoms with van der Waals surface area (Å²) in [4.78, 5) is 13.1. The molecule has 3 nitrogen and oxygen atoms in total. The quantitative estimate of drug-likeness (QED) is 0.794. The van der Waals surface area contributed by atoms with Gasteiger partial charge in [-0.3, -0.25) is 4.79 Å². The van der Waals surface area contributed by atoms with Gasteiger partial charge in [0.25, 0.3) is 5.91 Å². The van der Waals surface area contributed by atoms with Gasteiger partial charge >= 0.3 is 6.18 Å². The molecule has 0 radical (unpaired) electrons. The lowest BCUT2D eigenvalue weighted by Crippen LogP contribution is -2.32. The van der Waals surface area contributed by atoms with Crippen LogP contribution >= 0.6 is 15.9 Å². The zero-order valence-corrected chi connectivity index (χ0v) is 11.5. The number of alkyl halides is 3. The molecule has 0 bridgehead atoms. The highest BCUT2D eigenvalue weighted by Gasteiger charge is 2.36. The van der Waals surface area contributed by atoms with Gasteiger partial charge in [-0.1, -0.05) is 15.9 Å². The third kappa shape index (κ3) is 3.70. The molecule has 0 saturated carbocycles. The first-order valence-corrected chi connectivity index (χ1v) is 6.13. The van der Waals surface area contributed by atoms with Gasteiger partial charge in [0.15, 0.2) is 0 Å². The number of nitriles is 1. The number of halogens is 4. The van der Waals surface area contributed by atoms with Crippen molar-refractivity contribution in [2.75, 3.05) is 13.1 Å². The van der Waals surface area contributed by atoms with Crippen molar-refractivity contribution in [3.63, 3.8) is 0 Å². The van der Waals surface area contributed by atoms with Gasteiger partial charge in [0.05, 0.1) is 17.2 Å². The van der Waals surface area contributed by atoms with Crippen molar-refractivity contribution in [2.45, 2.75) is 13.1 Å². The topological polar surface area (TPSA) is 44.1 Å². The predicted octanol–water partition coefficient (Wildman–Crippen LogP) is 3.45. The highest BCUT2D eigenvalue weighted by atomic mass is 79.9. The molecule has 0 atom stereocenters. The minimum atomic E-state index is -4.62. The molecule has 0 saturated heterocycles. The first-order valence-electron chi connectivity index (χ1n) is 5.34. The Morgan fingerprint density at radius 1 is 1.47 bits per heavy atom. The lowest BCUT2D eigenvalue weighted by Gasteiger charge is -2.20. The summed E-state index contributed by atoms with van der Waals surface area (Å²) in [6.07, 6.45) is -4.62. The van der Waals surface area contributed by atoms with Gasteiger partial charge in [0, 0.05) is 11.0 Å². The number of nitrogens with zero attached hydrogens (tertiary/aromatic N) is 2. The Hall–Kier alpha value is -1.55. The van der Waals surface area contributed by atoms with E-state index in [4.69, 9.17) is 5.26 Å². The molecule has 0 spiro atoms. The standard InChI is InChI=1S/C12H10BrF3N2O/c1-2-18(6-5-17)11(19)9-4-3-8(13)7-10(9)12(14,15)16/h3-4,7H,2,6H2,1H3. The number of amides is 1. The summed E-state index contributed by atoms with van der Waals surface area (Å²) in [6, 6.07) is 5.08. The molecule has 19 heavy (non-hydrogen) atoms. The maximum Gasteiger partial charge on any atom is 0.417 e. The van der Waals surface area contributed by atoms with Crippen molar-refractivity contribution in [3.8, 4) is 6.07 Å². The van der Waals surface area contributed by atoms with Gasteiger partial charge in [0.2, 0.25) is 0 Å². The summed E-state index contributed by atoms with van der Waals surface area (Å²) < 4.78 is 38.9. The van der Waals surface area contributed by atoms with Crippen LogP contribution in [0.3, 0.4) is 0 Å². The molecule has 1 amide bonds. The number of carbonyl (C=O) groups excluding carboxylic acids is 1. The predicted molar refractivity (Wildman–Crippen MR) is 66.3 cm³/mol. The van der Waals surface area contributed by atoms with Crippen molar-refractivity contribution < 1.29 is 18.0 Å². The van der Waals surface area contributed by atoms with E-state index >= 15 is 0 Å². The Kier molecular flexibility index (Phi) is 4.95. The molecule has 0 aliphatic heterocycles. The average Bonchev–Trinajstić information content (AvgIpc) is 2.34. The third-order valence-electron chi connectivity index (χ3n) is 2.45. The summed E-state index contributed by atoms with van der Waals surface area (Å²) >= 11 is 2.95. The molecule has 0 fully saturated rings. The monoisotopic (exact) mass is 334 g/mol. The van der Waals surface area contributed by atoms with E-state index in [0.717, 1.165) is 17.0 Å². The van der Waals surface area contributed by atoms with Gasteiger partial charge in [0.1, 0.15) is 6.54 Å². The van der Waals surface area contributed by atoms with Crippen molar-refractivity contribution in [1.82, 2.24) is 4.90 Å². The van der Waals surface area contributed by atoms with Gasteiger partial charge < -0.3 is 4.90 Å². The van der Waals surface area contributed by atoms with Gasteiger partial charge in [-0.15, -0.1) is 0 Å². The van der Waals surface area contributed by atoms with Crippen LogP contribution in [0.2, 0.25) is 0 Å². The maximum absolute atomic E-state index is 12.9. The van der Waals surface area contributed by atoms with E-state index in [0.29, 0.717) is 0 Å². The van der Waals surface area contributed by atoms with E-state index < -0.39 is 23.2 Å². The molecule has 0 aliphatic carbocycles. The molecule has 1 aromatic carbocycles. The molecule has 0 N–H and O–H groups in total. The minimum absolute atomic E-state index is 0.166. The van der Waals surface area contributed by atoms with Crippen molar-refractivity contribution in [3.05, 3.63) is 33.8 Å². The van der Waals surface area contributed by atoms with Crippen LogP contribution in [0.4, 0.5) is 13.2 Å². The fraction of sp³-hybridized carbons (Fsp3) is 0.333. The second-order valence-electron chi connectivity index (χ2n) is 3.67. The van der Waals surface area contributed by atoms with Crippen LogP contribution in [-0.4, -0.2) is 23.9 Å². The van der Waals surface area contributed by atoms with Gasteiger partial charge in [-0.2, -0.15) is 18.4 Å². The van der Waals surface area contributed by atoms with Crippen LogP contribution in [0.5, 0.6) is 0 Å². The summed E-state index contributed by atoms with van der Waals surface area (Å²) in [5.41, 5.74) is -1.46. The Morgan fingerprint density at radius 2 is 2.11 bits per heavy atom. The number of carbonyl (C=O) groups is 1. The number of benzene rings is 1. The fourth-order valence-corrected chi connectivity index (χ4v) is 1.88. The Balaban J connectivity index is 3.27. The molecule has 1 rings (SSSR count). The van der Waals surface area contributed by atoms with Crippen molar-refractivity contribution in [1.29, 1.82) is 5.26 Å². The molecular formula is C12H10BrF3N2O. The summed E-state index contributed by atoms with van der Waals surface area (Å²) in [6.45, 7) is 1.52. The largest absolute Gasteiger partial charge is 0.417 e. The van der Waals surface area contributed by atoms with E-state index in [2.05, 4.69) is 15.9 Å². The Bertz CT molecular complexity index is 523. The van der Waals surface area contributed by atoms with E-state index in [1.54, 1.807) is 13.0 Å². The van der Waals surface area contributed by atoms with Crippen molar-refractivity contribution >= 4 is 21.8 Å². The molecule has 1 aromatic rings. The van der Waals surface area contributed by atoms with Crippen LogP contribution in [0.15, 0.2) is 22.7 Å². The van der Waals surface area contributed by atoms with Crippen LogP contribution in [0.25, 0.3) is 0 Å². The number of hydrogen-bond acceptors (Lipinski definition) is 2. The SMILES string of the molecule is CCN(CC#N)C(=O)c1ccc(Br)cc1C(F)(F)F. The molecular weight excluding hydrogens is 325 g/mol. The normalized spacial score (nSPS) is 10.9. The summed E-state index contributed by atoms with van der Waals surface area (Å²) in [7, 11) is 0. The first kappa shape index (κ1) is 15.5. The van der Waals surface area contributed by atoms with Crippen LogP contribution < -0.4 is 0 Å². The third-order valence-corrected chi connectivity index (χ3v) is 2.94. The number of hydrogen-bond donors (Lipinski definition) is 0. The Morgan fingerprint density at radius 3 is 2.58 bits per heavy atom. The lowest BCUT2D eigenvalue weighted by atomic mass is 10.1. The second-order valence-corrected chi connectivity index (χ2v) is 4.58. The Labute approximate surface area is 116 Å². The summed E-state index contributed by atoms with van der Waals surface area (Å²) in [5.74, 6) is -0.802. The fourth-order valence-electron chi connectivity index (χ4n) is 1.52. The van der Waals surface area contributed by atoms with E-state index in [-0.39, 0.29) is 17.6 Å². The average molecular weight is 335 g/mol. The van der Waals surface area contributed by atoms with Gasteiger partial charge in [-0.25, -0.2) is 0 Å². The van der Waals surface area contributed by atoms with Crippen LogP contribution in [0.1, 0.15) is 22.8 Å². The molecule has 0 aromatic heterocycles. The first-order chi connectivity index (χ1) is 8.81. The summed E-state index contributed by atoms with van der Waals surface area (Å²) in [5, 5.41) is 8.56. The zero-order chi connectivity index (χ0) is 14.6. The molecule has 0 heterocycles. The van der Waals surface area contributed by atoms with E-state index in [1.807, 2.05) is 0 Å². The molecule has 0 unspecified atom stereocenters.